The second-order valence-corrected chi connectivity index (χ2v) is 6.35. The summed E-state index contributed by atoms with van der Waals surface area (Å²) in [6, 6.07) is 8.11. The standard InChI is InChI=1S/C19H33NO2/c1-2-3-4-5-6-7-8-17-9-11-18(12-10-17)13-14-19(20,15-21)16-22/h9-12,21-22H,2-8,13-16,20H2,1H3/i13D. The van der Waals surface area contributed by atoms with Gasteiger partial charge in [-0.2, -0.15) is 0 Å². The molecule has 0 radical (unpaired) electrons. The second kappa shape index (κ2) is 10.8. The minimum atomic E-state index is -1.08. The lowest BCUT2D eigenvalue weighted by Gasteiger charge is -2.24. The quantitative estimate of drug-likeness (QED) is 0.519. The van der Waals surface area contributed by atoms with Crippen molar-refractivity contribution in [3.8, 4) is 0 Å². The Bertz CT molecular complexity index is 418. The number of benzene rings is 1. The molecule has 0 fully saturated rings. The first-order valence-corrected chi connectivity index (χ1v) is 8.56. The van der Waals surface area contributed by atoms with Gasteiger partial charge in [-0.25, -0.2) is 0 Å². The molecule has 1 atom stereocenters. The highest BCUT2D eigenvalue weighted by Gasteiger charge is 2.22. The fraction of sp³-hybridized carbons (Fsp3) is 0.684. The molecule has 0 aliphatic heterocycles. The molecular formula is C19H33NO2. The van der Waals surface area contributed by atoms with Crippen LogP contribution in [0.25, 0.3) is 0 Å². The molecule has 4 N–H and O–H groups in total. The zero-order valence-corrected chi connectivity index (χ0v) is 13.9. The maximum absolute atomic E-state index is 9.23. The summed E-state index contributed by atoms with van der Waals surface area (Å²) < 4.78 is 8.18. The maximum atomic E-state index is 9.23. The molecule has 0 saturated heterocycles. The fourth-order valence-corrected chi connectivity index (χ4v) is 2.43. The minimum Gasteiger partial charge on any atom is -0.394 e. The lowest BCUT2D eigenvalue weighted by Crippen LogP contribution is -2.47. The highest BCUT2D eigenvalue weighted by molar-refractivity contribution is 5.23. The molecule has 0 aliphatic carbocycles. The molecular weight excluding hydrogens is 274 g/mol. The van der Waals surface area contributed by atoms with Gasteiger partial charge >= 0.3 is 0 Å². The number of rotatable bonds is 12. The van der Waals surface area contributed by atoms with Crippen molar-refractivity contribution in [3.05, 3.63) is 35.4 Å². The van der Waals surface area contributed by atoms with Gasteiger partial charge in [-0.15, -0.1) is 0 Å². The molecule has 126 valence electrons. The van der Waals surface area contributed by atoms with Gasteiger partial charge in [-0.3, -0.25) is 0 Å². The van der Waals surface area contributed by atoms with E-state index in [1.165, 1.54) is 44.1 Å². The van der Waals surface area contributed by atoms with Crippen LogP contribution in [0.2, 0.25) is 0 Å². The predicted molar refractivity (Wildman–Crippen MR) is 92.9 cm³/mol. The van der Waals surface area contributed by atoms with Crippen molar-refractivity contribution in [2.24, 2.45) is 5.73 Å². The highest BCUT2D eigenvalue weighted by Crippen LogP contribution is 2.14. The van der Waals surface area contributed by atoms with Crippen LogP contribution < -0.4 is 5.73 Å². The van der Waals surface area contributed by atoms with Crippen LogP contribution >= 0.6 is 0 Å². The minimum absolute atomic E-state index is 0.247. The van der Waals surface area contributed by atoms with E-state index in [1.807, 2.05) is 12.1 Å². The van der Waals surface area contributed by atoms with Crippen molar-refractivity contribution in [3.63, 3.8) is 0 Å². The SMILES string of the molecule is [2H]C(CC(N)(CO)CO)c1ccc(CCCCCCCC)cc1. The molecule has 0 bridgehead atoms. The van der Waals surface area contributed by atoms with E-state index in [2.05, 4.69) is 19.1 Å². The number of aliphatic hydroxyl groups excluding tert-OH is 2. The van der Waals surface area contributed by atoms with E-state index in [-0.39, 0.29) is 19.6 Å². The molecule has 22 heavy (non-hydrogen) atoms. The van der Waals surface area contributed by atoms with Gasteiger partial charge in [-0.05, 0) is 36.8 Å². The van der Waals surface area contributed by atoms with Crippen LogP contribution in [0.1, 0.15) is 64.4 Å². The molecule has 0 amide bonds. The molecule has 0 aromatic heterocycles. The summed E-state index contributed by atoms with van der Waals surface area (Å²) in [5.74, 6) is 0. The first kappa shape index (κ1) is 17.5. The predicted octanol–water partition coefficient (Wildman–Crippen LogP) is 3.20. The Labute approximate surface area is 137 Å². The Morgan fingerprint density at radius 1 is 0.955 bits per heavy atom. The monoisotopic (exact) mass is 308 g/mol. The summed E-state index contributed by atoms with van der Waals surface area (Å²) in [6.07, 6.45) is 8.59. The third-order valence-corrected chi connectivity index (χ3v) is 4.17. The van der Waals surface area contributed by atoms with Crippen LogP contribution in [0, 0.1) is 0 Å². The van der Waals surface area contributed by atoms with E-state index in [0.717, 1.165) is 12.0 Å². The van der Waals surface area contributed by atoms with Crippen LogP contribution in [0.4, 0.5) is 0 Å². The molecule has 1 aromatic rings. The van der Waals surface area contributed by atoms with E-state index in [0.29, 0.717) is 0 Å². The normalized spacial score (nSPS) is 13.9. The average molecular weight is 308 g/mol. The van der Waals surface area contributed by atoms with Gasteiger partial charge in [0, 0.05) is 1.37 Å². The number of unbranched alkanes of at least 4 members (excludes halogenated alkanes) is 5. The lowest BCUT2D eigenvalue weighted by atomic mass is 9.93. The zero-order valence-electron chi connectivity index (χ0n) is 14.9. The summed E-state index contributed by atoms with van der Waals surface area (Å²) in [7, 11) is 0. The molecule has 0 heterocycles. The Morgan fingerprint density at radius 2 is 1.50 bits per heavy atom. The van der Waals surface area contributed by atoms with Crippen molar-refractivity contribution >= 4 is 0 Å². The summed E-state index contributed by atoms with van der Waals surface area (Å²) in [6.45, 7) is 1.61. The lowest BCUT2D eigenvalue weighted by molar-refractivity contribution is 0.115. The highest BCUT2D eigenvalue weighted by atomic mass is 16.3. The Morgan fingerprint density at radius 3 is 2.09 bits per heavy atom. The van der Waals surface area contributed by atoms with Crippen LogP contribution in [-0.2, 0) is 12.8 Å². The number of nitrogens with two attached hydrogens (primary N) is 1. The van der Waals surface area contributed by atoms with Gasteiger partial charge < -0.3 is 15.9 Å². The summed E-state index contributed by atoms with van der Waals surface area (Å²) in [5, 5.41) is 18.5. The number of hydrogen-bond acceptors (Lipinski definition) is 3. The number of aliphatic hydroxyl groups is 2. The molecule has 1 unspecified atom stereocenters. The molecule has 3 heteroatoms. The van der Waals surface area contributed by atoms with Gasteiger partial charge in [0.25, 0.3) is 0 Å². The summed E-state index contributed by atoms with van der Waals surface area (Å²) in [5.41, 5.74) is 6.97. The Hall–Kier alpha value is -0.900. The second-order valence-electron chi connectivity index (χ2n) is 6.35. The van der Waals surface area contributed by atoms with E-state index in [1.54, 1.807) is 0 Å². The zero-order chi connectivity index (χ0) is 17.1. The van der Waals surface area contributed by atoms with E-state index >= 15 is 0 Å². The third-order valence-electron chi connectivity index (χ3n) is 4.17. The number of hydrogen-bond donors (Lipinski definition) is 3. The van der Waals surface area contributed by atoms with E-state index in [9.17, 15) is 10.2 Å². The third kappa shape index (κ3) is 7.39. The van der Waals surface area contributed by atoms with Crippen LogP contribution in [-0.4, -0.2) is 29.0 Å². The van der Waals surface area contributed by atoms with Crippen LogP contribution in [0.3, 0.4) is 0 Å². The topological polar surface area (TPSA) is 66.5 Å². The molecule has 0 aliphatic rings. The Kier molecular flexibility index (Phi) is 8.54. The van der Waals surface area contributed by atoms with Gasteiger partial charge in [0.15, 0.2) is 0 Å². The van der Waals surface area contributed by atoms with Crippen molar-refractivity contribution in [2.45, 2.75) is 70.2 Å². The van der Waals surface area contributed by atoms with Gasteiger partial charge in [0.05, 0.1) is 18.8 Å². The first-order chi connectivity index (χ1) is 11.0. The molecule has 0 saturated carbocycles. The van der Waals surface area contributed by atoms with Crippen molar-refractivity contribution in [1.29, 1.82) is 0 Å². The maximum Gasteiger partial charge on any atom is 0.0633 e. The summed E-state index contributed by atoms with van der Waals surface area (Å²) >= 11 is 0. The first-order valence-electron chi connectivity index (χ1n) is 9.14. The van der Waals surface area contributed by atoms with E-state index < -0.39 is 11.9 Å². The van der Waals surface area contributed by atoms with Crippen molar-refractivity contribution in [1.82, 2.24) is 0 Å². The Balaban J connectivity index is 2.40. The number of aryl methyl sites for hydroxylation is 2. The van der Waals surface area contributed by atoms with Crippen molar-refractivity contribution < 1.29 is 11.6 Å². The van der Waals surface area contributed by atoms with Gasteiger partial charge in [0.1, 0.15) is 0 Å². The van der Waals surface area contributed by atoms with Crippen molar-refractivity contribution in [2.75, 3.05) is 13.2 Å². The van der Waals surface area contributed by atoms with Gasteiger partial charge in [0.2, 0.25) is 0 Å². The molecule has 3 nitrogen and oxygen atoms in total. The van der Waals surface area contributed by atoms with Crippen LogP contribution in [0.5, 0.6) is 0 Å². The van der Waals surface area contributed by atoms with Crippen LogP contribution in [0.15, 0.2) is 24.3 Å². The molecule has 0 spiro atoms. The summed E-state index contributed by atoms with van der Waals surface area (Å²) in [4.78, 5) is 0. The fourth-order valence-electron chi connectivity index (χ4n) is 2.43. The molecule has 1 rings (SSSR count). The molecule has 1 aromatic carbocycles. The largest absolute Gasteiger partial charge is 0.394 e. The van der Waals surface area contributed by atoms with Gasteiger partial charge in [-0.1, -0.05) is 63.3 Å². The average Bonchev–Trinajstić information content (AvgIpc) is 2.58. The smallest absolute Gasteiger partial charge is 0.0633 e. The van der Waals surface area contributed by atoms with E-state index in [4.69, 9.17) is 7.10 Å².